The molecule has 0 saturated heterocycles. The van der Waals surface area contributed by atoms with Crippen LogP contribution in [0.3, 0.4) is 0 Å². The molecule has 0 aromatic heterocycles. The summed E-state index contributed by atoms with van der Waals surface area (Å²) < 4.78 is 2.31. The van der Waals surface area contributed by atoms with Crippen LogP contribution in [0.15, 0.2) is 24.3 Å². The topological polar surface area (TPSA) is 54.4 Å². The number of benzene rings is 1. The summed E-state index contributed by atoms with van der Waals surface area (Å²) >= 11 is 0.0867. The number of unbranched alkanes of at least 4 members (excludes halogenated alkanes) is 1. The fraction of sp³-hybridized carbons (Fsp3) is 0.636. The molecule has 0 spiro atoms. The first kappa shape index (κ1) is 21.5. The Bertz CT molecular complexity index is 605. The Morgan fingerprint density at radius 2 is 1.58 bits per heavy atom. The molecule has 3 nitrogen and oxygen atoms in total. The standard InChI is InChI=1S/C20H27IO3.C2H6/c1-2-3-12-21-14-10-8-13(9-11-14)17-18(22)15-6-4-5-7-16(15)19(23)20(17)24;1-2/h4-7,13-14,17,20-21,24H,2-3,8-12H2,1H3;1-2H3. The van der Waals surface area contributed by atoms with Gasteiger partial charge in [0.25, 0.3) is 0 Å². The average Bonchev–Trinajstić information content (AvgIpc) is 2.69. The van der Waals surface area contributed by atoms with Crippen LogP contribution in [-0.4, -0.2) is 31.1 Å². The zero-order valence-corrected chi connectivity index (χ0v) is 18.6. The maximum absolute atomic E-state index is 12.9. The van der Waals surface area contributed by atoms with Crippen LogP contribution in [0.25, 0.3) is 0 Å². The summed E-state index contributed by atoms with van der Waals surface area (Å²) in [6.07, 6.45) is 5.84. The van der Waals surface area contributed by atoms with E-state index in [-0.39, 0.29) is 38.7 Å². The van der Waals surface area contributed by atoms with Crippen LogP contribution >= 0.6 is 21.2 Å². The molecule has 1 N–H and O–H groups in total. The quantitative estimate of drug-likeness (QED) is 0.367. The molecule has 2 aliphatic rings. The fourth-order valence-electron chi connectivity index (χ4n) is 4.04. The molecule has 4 heteroatoms. The number of hydrogen-bond acceptors (Lipinski definition) is 3. The first-order valence-electron chi connectivity index (χ1n) is 10.1. The number of aliphatic hydroxyl groups is 1. The molecule has 0 radical (unpaired) electrons. The van der Waals surface area contributed by atoms with E-state index >= 15 is 0 Å². The van der Waals surface area contributed by atoms with Crippen molar-refractivity contribution in [3.63, 3.8) is 0 Å². The van der Waals surface area contributed by atoms with Crippen molar-refractivity contribution in [3.8, 4) is 0 Å². The predicted molar refractivity (Wildman–Crippen MR) is 117 cm³/mol. The van der Waals surface area contributed by atoms with E-state index in [0.29, 0.717) is 11.1 Å². The molecule has 1 saturated carbocycles. The van der Waals surface area contributed by atoms with Gasteiger partial charge in [-0.15, -0.1) is 0 Å². The predicted octanol–water partition coefficient (Wildman–Crippen LogP) is 5.13. The minimum absolute atomic E-state index is 0.0244. The number of carbonyl (C=O) groups is 2. The Morgan fingerprint density at radius 3 is 2.15 bits per heavy atom. The van der Waals surface area contributed by atoms with Crippen molar-refractivity contribution in [2.75, 3.05) is 4.43 Å². The first-order valence-corrected chi connectivity index (χ1v) is 13.1. The van der Waals surface area contributed by atoms with Crippen LogP contribution in [0.1, 0.15) is 80.0 Å². The summed E-state index contributed by atoms with van der Waals surface area (Å²) in [5.41, 5.74) is 0.906. The van der Waals surface area contributed by atoms with Gasteiger partial charge in [-0.05, 0) is 0 Å². The van der Waals surface area contributed by atoms with Gasteiger partial charge < -0.3 is 0 Å². The van der Waals surface area contributed by atoms with E-state index in [1.54, 1.807) is 24.3 Å². The van der Waals surface area contributed by atoms with E-state index < -0.39 is 12.0 Å². The van der Waals surface area contributed by atoms with Gasteiger partial charge in [-0.25, -0.2) is 0 Å². The summed E-state index contributed by atoms with van der Waals surface area (Å²) in [5.74, 6) is -0.651. The van der Waals surface area contributed by atoms with E-state index in [9.17, 15) is 14.7 Å². The summed E-state index contributed by atoms with van der Waals surface area (Å²) in [7, 11) is 0. The number of hydrogen-bond donors (Lipinski definition) is 1. The fourth-order valence-corrected chi connectivity index (χ4v) is 8.02. The molecule has 2 aliphatic carbocycles. The van der Waals surface area contributed by atoms with E-state index in [4.69, 9.17) is 0 Å². The molecular formula is C22H33IO3. The van der Waals surface area contributed by atoms with Gasteiger partial charge in [0.2, 0.25) is 0 Å². The Hall–Kier alpha value is -0.750. The van der Waals surface area contributed by atoms with Crippen LogP contribution in [-0.2, 0) is 0 Å². The van der Waals surface area contributed by atoms with Gasteiger partial charge in [0, 0.05) is 0 Å². The molecule has 1 aromatic carbocycles. The zero-order valence-electron chi connectivity index (χ0n) is 16.2. The first-order chi connectivity index (χ1) is 12.6. The Kier molecular flexibility index (Phi) is 8.74. The van der Waals surface area contributed by atoms with Gasteiger partial charge in [-0.3, -0.25) is 0 Å². The molecule has 26 heavy (non-hydrogen) atoms. The molecule has 0 bridgehead atoms. The molecule has 2 atom stereocenters. The van der Waals surface area contributed by atoms with Crippen LogP contribution < -0.4 is 0 Å². The van der Waals surface area contributed by atoms with E-state index in [2.05, 4.69) is 6.92 Å². The molecule has 2 unspecified atom stereocenters. The number of halogens is 1. The maximum atomic E-state index is 12.9. The summed E-state index contributed by atoms with van der Waals surface area (Å²) in [4.78, 5) is 25.3. The normalized spacial score (nSPS) is 28.3. The number of rotatable bonds is 5. The molecule has 1 aromatic rings. The van der Waals surface area contributed by atoms with E-state index in [1.165, 1.54) is 30.1 Å². The molecule has 0 aliphatic heterocycles. The van der Waals surface area contributed by atoms with Crippen molar-refractivity contribution in [1.29, 1.82) is 0 Å². The van der Waals surface area contributed by atoms with Crippen LogP contribution in [0, 0.1) is 11.8 Å². The second-order valence-corrected chi connectivity index (χ2v) is 11.0. The second-order valence-electron chi connectivity index (χ2n) is 7.01. The van der Waals surface area contributed by atoms with Crippen LogP contribution in [0.5, 0.6) is 0 Å². The second kappa shape index (κ2) is 10.5. The van der Waals surface area contributed by atoms with Crippen molar-refractivity contribution >= 4 is 32.8 Å². The molecular weight excluding hydrogens is 439 g/mol. The summed E-state index contributed by atoms with van der Waals surface area (Å²) in [6.45, 7) is 6.24. The van der Waals surface area contributed by atoms with E-state index in [1.807, 2.05) is 13.8 Å². The van der Waals surface area contributed by atoms with Crippen molar-refractivity contribution < 1.29 is 14.7 Å². The summed E-state index contributed by atoms with van der Waals surface area (Å²) in [6, 6.07) is 6.94. The third-order valence-corrected chi connectivity index (χ3v) is 9.64. The zero-order chi connectivity index (χ0) is 19.1. The number of carbonyl (C=O) groups excluding carboxylic acids is 2. The average molecular weight is 472 g/mol. The number of Topliss-reactive ketones (excluding diaryl/α,β-unsaturated/α-hetero) is 2. The molecule has 146 valence electrons. The Morgan fingerprint density at radius 1 is 1.00 bits per heavy atom. The van der Waals surface area contributed by atoms with Gasteiger partial charge in [0.05, 0.1) is 0 Å². The van der Waals surface area contributed by atoms with E-state index in [0.717, 1.165) is 16.8 Å². The molecule has 1 fully saturated rings. The van der Waals surface area contributed by atoms with Crippen molar-refractivity contribution in [2.24, 2.45) is 11.8 Å². The minimum atomic E-state index is -1.15. The number of alkyl halides is 2. The number of aliphatic hydroxyl groups excluding tert-OH is 1. The SMILES string of the molecule is CC.CCCC[IH]C1CCC(C2C(=O)c3ccccc3C(=O)C2O)CC1. The molecule has 3 rings (SSSR count). The van der Waals surface area contributed by atoms with Crippen LogP contribution in [0.2, 0.25) is 0 Å². The Labute approximate surface area is 168 Å². The number of fused-ring (bicyclic) bond motifs is 1. The summed E-state index contributed by atoms with van der Waals surface area (Å²) in [5, 5.41) is 10.5. The molecule has 0 heterocycles. The third-order valence-electron chi connectivity index (χ3n) is 5.45. The van der Waals surface area contributed by atoms with Gasteiger partial charge in [-0.2, -0.15) is 0 Å². The number of ketones is 2. The van der Waals surface area contributed by atoms with Crippen molar-refractivity contribution in [2.45, 2.75) is 69.3 Å². The molecule has 0 amide bonds. The monoisotopic (exact) mass is 472 g/mol. The van der Waals surface area contributed by atoms with Gasteiger partial charge in [0.15, 0.2) is 0 Å². The van der Waals surface area contributed by atoms with Gasteiger partial charge in [-0.1, -0.05) is 13.8 Å². The Balaban J connectivity index is 0.00000117. The van der Waals surface area contributed by atoms with Crippen LogP contribution in [0.4, 0.5) is 0 Å². The van der Waals surface area contributed by atoms with Gasteiger partial charge in [0.1, 0.15) is 0 Å². The third kappa shape index (κ3) is 4.75. The van der Waals surface area contributed by atoms with Crippen molar-refractivity contribution in [3.05, 3.63) is 35.4 Å². The van der Waals surface area contributed by atoms with Gasteiger partial charge >= 0.3 is 155 Å². The van der Waals surface area contributed by atoms with Crippen molar-refractivity contribution in [1.82, 2.24) is 0 Å².